The molecule has 0 aliphatic rings. The number of rotatable bonds is 7. The van der Waals surface area contributed by atoms with Gasteiger partial charge in [0.1, 0.15) is 0 Å². The average molecular weight is 477 g/mol. The predicted octanol–water partition coefficient (Wildman–Crippen LogP) is 6.32. The zero-order chi connectivity index (χ0) is 22.7. The van der Waals surface area contributed by atoms with Gasteiger partial charge in [-0.1, -0.05) is 49.0 Å². The number of thioether (sulfide) groups is 1. The monoisotopic (exact) mass is 476 g/mol. The maximum atomic E-state index is 13.2. The van der Waals surface area contributed by atoms with Crippen molar-refractivity contribution in [3.05, 3.63) is 59.5 Å². The topological polar surface area (TPSA) is 59.8 Å². The van der Waals surface area contributed by atoms with Gasteiger partial charge < -0.3 is 9.88 Å². The Balaban J connectivity index is 1.53. The molecule has 1 amide bonds. The SMILES string of the molecule is CCCn1c(SCC(=O)Nc2ccccc2C(F)(F)F)nnc1-c1csc2ccccc12. The number of nitrogens with zero attached hydrogens (tertiary/aromatic N) is 3. The fourth-order valence-electron chi connectivity index (χ4n) is 3.33. The molecule has 5 nitrogen and oxygen atoms in total. The molecular formula is C22H19F3N4OS2. The normalized spacial score (nSPS) is 11.8. The number of aromatic nitrogens is 3. The molecule has 2 aromatic heterocycles. The van der Waals surface area contributed by atoms with Gasteiger partial charge in [0.25, 0.3) is 0 Å². The standard InChI is InChI=1S/C22H19F3N4OS2/c1-2-11-29-20(15-12-31-18-10-6-3-7-14(15)18)27-28-21(29)32-13-19(30)26-17-9-5-4-8-16(17)22(23,24)25/h3-10,12H,2,11,13H2,1H3,(H,26,30). The van der Waals surface area contributed by atoms with Gasteiger partial charge in [0, 0.05) is 27.6 Å². The van der Waals surface area contributed by atoms with Crippen molar-refractivity contribution < 1.29 is 18.0 Å². The van der Waals surface area contributed by atoms with Gasteiger partial charge in [-0.25, -0.2) is 0 Å². The summed E-state index contributed by atoms with van der Waals surface area (Å²) in [6, 6.07) is 13.0. The summed E-state index contributed by atoms with van der Waals surface area (Å²) in [6.07, 6.45) is -3.71. The molecule has 32 heavy (non-hydrogen) atoms. The van der Waals surface area contributed by atoms with Crippen molar-refractivity contribution in [3.63, 3.8) is 0 Å². The number of hydrogen-bond donors (Lipinski definition) is 1. The van der Waals surface area contributed by atoms with Gasteiger partial charge in [-0.3, -0.25) is 4.79 Å². The van der Waals surface area contributed by atoms with Crippen LogP contribution in [0, 0.1) is 0 Å². The van der Waals surface area contributed by atoms with Crippen LogP contribution in [-0.2, 0) is 17.5 Å². The molecule has 10 heteroatoms. The van der Waals surface area contributed by atoms with E-state index in [2.05, 4.69) is 15.5 Å². The van der Waals surface area contributed by atoms with Crippen LogP contribution in [-0.4, -0.2) is 26.4 Å². The van der Waals surface area contributed by atoms with E-state index in [1.807, 2.05) is 41.1 Å². The largest absolute Gasteiger partial charge is 0.418 e. The first-order valence-electron chi connectivity index (χ1n) is 9.87. The van der Waals surface area contributed by atoms with Crippen LogP contribution < -0.4 is 5.32 Å². The molecule has 0 saturated carbocycles. The lowest BCUT2D eigenvalue weighted by Crippen LogP contribution is -2.18. The van der Waals surface area contributed by atoms with Crippen LogP contribution in [0.15, 0.2) is 59.1 Å². The molecule has 2 heterocycles. The van der Waals surface area contributed by atoms with E-state index < -0.39 is 17.6 Å². The Morgan fingerprint density at radius 1 is 1.12 bits per heavy atom. The van der Waals surface area contributed by atoms with Crippen LogP contribution in [0.25, 0.3) is 21.5 Å². The third-order valence-electron chi connectivity index (χ3n) is 4.72. The molecule has 0 radical (unpaired) electrons. The lowest BCUT2D eigenvalue weighted by atomic mass is 10.1. The van der Waals surface area contributed by atoms with Crippen molar-refractivity contribution in [2.24, 2.45) is 0 Å². The van der Waals surface area contributed by atoms with Crippen molar-refractivity contribution in [2.75, 3.05) is 11.1 Å². The quantitative estimate of drug-likeness (QED) is 0.317. The number of carbonyl (C=O) groups excluding carboxylic acids is 1. The number of amides is 1. The Hall–Kier alpha value is -2.85. The van der Waals surface area contributed by atoms with E-state index in [0.29, 0.717) is 11.7 Å². The minimum atomic E-state index is -4.55. The van der Waals surface area contributed by atoms with E-state index in [9.17, 15) is 18.0 Å². The zero-order valence-corrected chi connectivity index (χ0v) is 18.7. The lowest BCUT2D eigenvalue weighted by Gasteiger charge is -2.13. The minimum absolute atomic E-state index is 0.0849. The van der Waals surface area contributed by atoms with Gasteiger partial charge in [0.2, 0.25) is 5.91 Å². The summed E-state index contributed by atoms with van der Waals surface area (Å²) in [5.41, 5.74) is -0.160. The number of hydrogen-bond acceptors (Lipinski definition) is 5. The first kappa shape index (κ1) is 22.3. The van der Waals surface area contributed by atoms with E-state index in [0.717, 1.165) is 45.7 Å². The molecule has 166 valence electrons. The summed E-state index contributed by atoms with van der Waals surface area (Å²) < 4.78 is 42.6. The number of fused-ring (bicyclic) bond motifs is 1. The number of carbonyl (C=O) groups is 1. The lowest BCUT2D eigenvalue weighted by molar-refractivity contribution is -0.137. The Morgan fingerprint density at radius 2 is 1.88 bits per heavy atom. The van der Waals surface area contributed by atoms with Gasteiger partial charge in [-0.15, -0.1) is 21.5 Å². The number of thiophene rings is 1. The zero-order valence-electron chi connectivity index (χ0n) is 17.0. The molecule has 0 aliphatic heterocycles. The average Bonchev–Trinajstić information content (AvgIpc) is 3.36. The maximum absolute atomic E-state index is 13.2. The van der Waals surface area contributed by atoms with E-state index in [1.165, 1.54) is 18.2 Å². The second-order valence-electron chi connectivity index (χ2n) is 6.98. The van der Waals surface area contributed by atoms with Crippen LogP contribution in [0.1, 0.15) is 18.9 Å². The molecule has 0 atom stereocenters. The summed E-state index contributed by atoms with van der Waals surface area (Å²) >= 11 is 2.77. The fourth-order valence-corrected chi connectivity index (χ4v) is 5.03. The highest BCUT2D eigenvalue weighted by atomic mass is 32.2. The van der Waals surface area contributed by atoms with Gasteiger partial charge in [0.15, 0.2) is 11.0 Å². The van der Waals surface area contributed by atoms with Crippen molar-refractivity contribution in [1.29, 1.82) is 0 Å². The number of benzene rings is 2. The van der Waals surface area contributed by atoms with Crippen LogP contribution >= 0.6 is 23.1 Å². The molecule has 0 bridgehead atoms. The molecule has 0 saturated heterocycles. The summed E-state index contributed by atoms with van der Waals surface area (Å²) in [6.45, 7) is 2.69. The highest BCUT2D eigenvalue weighted by molar-refractivity contribution is 7.99. The number of halogens is 3. The fraction of sp³-hybridized carbons (Fsp3) is 0.227. The summed E-state index contributed by atoms with van der Waals surface area (Å²) in [4.78, 5) is 12.4. The highest BCUT2D eigenvalue weighted by Gasteiger charge is 2.33. The van der Waals surface area contributed by atoms with Crippen molar-refractivity contribution in [2.45, 2.75) is 31.2 Å². The Kier molecular flexibility index (Phi) is 6.52. The Bertz CT molecular complexity index is 1250. The van der Waals surface area contributed by atoms with Gasteiger partial charge >= 0.3 is 6.18 Å². The summed E-state index contributed by atoms with van der Waals surface area (Å²) in [7, 11) is 0. The molecule has 0 spiro atoms. The number of alkyl halides is 3. The van der Waals surface area contributed by atoms with E-state index in [1.54, 1.807) is 11.3 Å². The predicted molar refractivity (Wildman–Crippen MR) is 122 cm³/mol. The summed E-state index contributed by atoms with van der Waals surface area (Å²) in [5, 5.41) is 14.6. The van der Waals surface area contributed by atoms with Gasteiger partial charge in [-0.05, 0) is 24.6 Å². The Labute approximate surface area is 190 Å². The molecular weight excluding hydrogens is 457 g/mol. The van der Waals surface area contributed by atoms with Crippen LogP contribution in [0.4, 0.5) is 18.9 Å². The first-order chi connectivity index (χ1) is 15.4. The van der Waals surface area contributed by atoms with Crippen LogP contribution in [0.3, 0.4) is 0 Å². The first-order valence-corrected chi connectivity index (χ1v) is 11.7. The number of anilines is 1. The van der Waals surface area contributed by atoms with Crippen LogP contribution in [0.2, 0.25) is 0 Å². The van der Waals surface area contributed by atoms with Gasteiger partial charge in [-0.2, -0.15) is 13.2 Å². The molecule has 4 rings (SSSR count). The van der Waals surface area contributed by atoms with Crippen molar-refractivity contribution >= 4 is 44.8 Å². The maximum Gasteiger partial charge on any atom is 0.418 e. The molecule has 4 aromatic rings. The Morgan fingerprint density at radius 3 is 2.66 bits per heavy atom. The molecule has 0 fully saturated rings. The third-order valence-corrected chi connectivity index (χ3v) is 6.66. The van der Waals surface area contributed by atoms with E-state index >= 15 is 0 Å². The number of para-hydroxylation sites is 1. The van der Waals surface area contributed by atoms with E-state index in [-0.39, 0.29) is 11.4 Å². The molecule has 0 unspecified atom stereocenters. The van der Waals surface area contributed by atoms with E-state index in [4.69, 9.17) is 0 Å². The minimum Gasteiger partial charge on any atom is -0.325 e. The highest BCUT2D eigenvalue weighted by Crippen LogP contribution is 2.36. The van der Waals surface area contributed by atoms with Crippen molar-refractivity contribution in [1.82, 2.24) is 14.8 Å². The van der Waals surface area contributed by atoms with Gasteiger partial charge in [0.05, 0.1) is 17.0 Å². The summed E-state index contributed by atoms with van der Waals surface area (Å²) in [5.74, 6) is 0.0909. The smallest absolute Gasteiger partial charge is 0.325 e. The molecule has 0 aliphatic carbocycles. The van der Waals surface area contributed by atoms with Crippen molar-refractivity contribution in [3.8, 4) is 11.4 Å². The molecule has 1 N–H and O–H groups in total. The second kappa shape index (κ2) is 9.33. The number of nitrogens with one attached hydrogen (secondary N) is 1. The second-order valence-corrected chi connectivity index (χ2v) is 8.84. The van der Waals surface area contributed by atoms with Crippen LogP contribution in [0.5, 0.6) is 0 Å². The third kappa shape index (κ3) is 4.66. The molecule has 2 aromatic carbocycles.